The summed E-state index contributed by atoms with van der Waals surface area (Å²) in [4.78, 5) is 41.4. The molecule has 9 heteroatoms. The molecule has 0 unspecified atom stereocenters. The third-order valence-electron chi connectivity index (χ3n) is 5.18. The smallest absolute Gasteiger partial charge is 0.360 e. The number of ether oxygens (including phenoxy) is 1. The number of hydrogen-bond acceptors (Lipinski definition) is 7. The van der Waals surface area contributed by atoms with E-state index in [9.17, 15) is 19.7 Å². The van der Waals surface area contributed by atoms with Crippen LogP contribution in [0.1, 0.15) is 64.4 Å². The van der Waals surface area contributed by atoms with Crippen LogP contribution in [0, 0.1) is 17.0 Å². The summed E-state index contributed by atoms with van der Waals surface area (Å²) >= 11 is 0. The van der Waals surface area contributed by atoms with E-state index in [1.54, 1.807) is 24.0 Å². The number of carbonyl (C=O) groups excluding carboxylic acids is 2. The Kier molecular flexibility index (Phi) is 6.26. The van der Waals surface area contributed by atoms with Gasteiger partial charge in [0.1, 0.15) is 6.26 Å². The summed E-state index contributed by atoms with van der Waals surface area (Å²) in [6.07, 6.45) is 5.99. The van der Waals surface area contributed by atoms with E-state index in [2.05, 4.69) is 9.72 Å². The number of amides is 1. The molecule has 1 aliphatic carbocycles. The highest BCUT2D eigenvalue weighted by atomic mass is 16.6. The normalized spacial score (nSPS) is 14.4. The zero-order valence-corrected chi connectivity index (χ0v) is 16.4. The monoisotopic (exact) mass is 401 g/mol. The van der Waals surface area contributed by atoms with Gasteiger partial charge >= 0.3 is 5.97 Å². The van der Waals surface area contributed by atoms with Crippen molar-refractivity contribution in [2.24, 2.45) is 0 Å². The Morgan fingerprint density at radius 2 is 2.03 bits per heavy atom. The Labute approximate surface area is 167 Å². The summed E-state index contributed by atoms with van der Waals surface area (Å²) in [7, 11) is 1.25. The summed E-state index contributed by atoms with van der Waals surface area (Å²) in [5, 5.41) is 11.3. The number of methoxy groups -OCH3 is 1. The second-order valence-electron chi connectivity index (χ2n) is 7.10. The van der Waals surface area contributed by atoms with Crippen molar-refractivity contribution in [3.05, 3.63) is 57.3 Å². The first-order chi connectivity index (χ1) is 13.9. The van der Waals surface area contributed by atoms with Gasteiger partial charge in [-0.1, -0.05) is 25.3 Å². The van der Waals surface area contributed by atoms with Gasteiger partial charge in [0.15, 0.2) is 5.69 Å². The highest BCUT2D eigenvalue weighted by Gasteiger charge is 2.29. The number of esters is 1. The molecule has 9 nitrogen and oxygen atoms in total. The lowest BCUT2D eigenvalue weighted by molar-refractivity contribution is -0.385. The summed E-state index contributed by atoms with van der Waals surface area (Å²) in [6, 6.07) is 4.45. The molecule has 0 radical (unpaired) electrons. The summed E-state index contributed by atoms with van der Waals surface area (Å²) in [5.41, 5.74) is 0.673. The fourth-order valence-corrected chi connectivity index (χ4v) is 3.59. The van der Waals surface area contributed by atoms with Gasteiger partial charge in [0.25, 0.3) is 11.6 Å². The zero-order chi connectivity index (χ0) is 21.0. The number of oxazole rings is 1. The Morgan fingerprint density at radius 1 is 1.31 bits per heavy atom. The van der Waals surface area contributed by atoms with Crippen LogP contribution in [0.5, 0.6) is 0 Å². The van der Waals surface area contributed by atoms with Crippen LogP contribution in [0.2, 0.25) is 0 Å². The van der Waals surface area contributed by atoms with E-state index in [4.69, 9.17) is 4.42 Å². The van der Waals surface area contributed by atoms with Gasteiger partial charge in [-0.3, -0.25) is 14.9 Å². The lowest BCUT2D eigenvalue weighted by atomic mass is 9.93. The molecule has 1 aromatic heterocycles. The van der Waals surface area contributed by atoms with Crippen LogP contribution >= 0.6 is 0 Å². The molecular weight excluding hydrogens is 378 g/mol. The first kappa shape index (κ1) is 20.5. The maximum absolute atomic E-state index is 13.3. The Balaban J connectivity index is 1.90. The summed E-state index contributed by atoms with van der Waals surface area (Å²) in [5.74, 6) is -0.728. The number of nitrogens with zero attached hydrogens (tertiary/aromatic N) is 3. The Morgan fingerprint density at radius 3 is 2.69 bits per heavy atom. The van der Waals surface area contributed by atoms with Crippen molar-refractivity contribution in [1.29, 1.82) is 0 Å². The predicted octanol–water partition coefficient (Wildman–Crippen LogP) is 3.65. The molecule has 0 saturated heterocycles. The SMILES string of the molecule is COC(=O)c1coc(CN(C(=O)c2ccc(C)c([N+](=O)[O-])c2)C2CCCCC2)n1. The molecular formula is C20H23N3O6. The van der Waals surface area contributed by atoms with Gasteiger partial charge in [-0.2, -0.15) is 0 Å². The summed E-state index contributed by atoms with van der Waals surface area (Å²) in [6.45, 7) is 1.70. The van der Waals surface area contributed by atoms with Crippen LogP contribution in [-0.4, -0.2) is 39.8 Å². The minimum absolute atomic E-state index is 0.0231. The van der Waals surface area contributed by atoms with E-state index in [0.29, 0.717) is 5.56 Å². The maximum atomic E-state index is 13.3. The zero-order valence-electron chi connectivity index (χ0n) is 16.4. The van der Waals surface area contributed by atoms with E-state index >= 15 is 0 Å². The van der Waals surface area contributed by atoms with Crippen molar-refractivity contribution in [2.45, 2.75) is 51.6 Å². The minimum Gasteiger partial charge on any atom is -0.464 e. The molecule has 0 spiro atoms. The third kappa shape index (κ3) is 4.61. The number of aryl methyl sites for hydroxylation is 1. The van der Waals surface area contributed by atoms with Gasteiger partial charge in [-0.25, -0.2) is 9.78 Å². The van der Waals surface area contributed by atoms with E-state index in [0.717, 1.165) is 32.1 Å². The number of nitro groups is 1. The average Bonchev–Trinajstić information content (AvgIpc) is 3.20. The Bertz CT molecular complexity index is 917. The van der Waals surface area contributed by atoms with Crippen molar-refractivity contribution in [2.75, 3.05) is 7.11 Å². The maximum Gasteiger partial charge on any atom is 0.360 e. The molecule has 154 valence electrons. The van der Waals surface area contributed by atoms with Crippen LogP contribution < -0.4 is 0 Å². The molecule has 1 aliphatic rings. The molecule has 1 heterocycles. The third-order valence-corrected chi connectivity index (χ3v) is 5.18. The van der Waals surface area contributed by atoms with Gasteiger partial charge in [0.2, 0.25) is 5.89 Å². The van der Waals surface area contributed by atoms with Crippen molar-refractivity contribution < 1.29 is 23.7 Å². The lowest BCUT2D eigenvalue weighted by Crippen LogP contribution is -2.41. The molecule has 1 saturated carbocycles. The number of nitro benzene ring substituents is 1. The molecule has 1 fully saturated rings. The number of aromatic nitrogens is 1. The van der Waals surface area contributed by atoms with Crippen LogP contribution in [0.4, 0.5) is 5.69 Å². The number of carbonyl (C=O) groups is 2. The molecule has 29 heavy (non-hydrogen) atoms. The van der Waals surface area contributed by atoms with E-state index < -0.39 is 10.9 Å². The molecule has 0 atom stereocenters. The van der Waals surface area contributed by atoms with Gasteiger partial charge in [-0.15, -0.1) is 0 Å². The molecule has 1 aromatic carbocycles. The van der Waals surface area contributed by atoms with Gasteiger partial charge < -0.3 is 14.1 Å². The van der Waals surface area contributed by atoms with E-state index in [1.807, 2.05) is 0 Å². The molecule has 0 N–H and O–H groups in total. The van der Waals surface area contributed by atoms with Gasteiger partial charge in [0.05, 0.1) is 18.6 Å². The largest absolute Gasteiger partial charge is 0.464 e. The van der Waals surface area contributed by atoms with Crippen LogP contribution in [0.3, 0.4) is 0 Å². The van der Waals surface area contributed by atoms with Crippen molar-refractivity contribution in [3.8, 4) is 0 Å². The van der Waals surface area contributed by atoms with Gasteiger partial charge in [-0.05, 0) is 25.8 Å². The van der Waals surface area contributed by atoms with Gasteiger partial charge in [0, 0.05) is 23.2 Å². The quantitative estimate of drug-likeness (QED) is 0.412. The fourth-order valence-electron chi connectivity index (χ4n) is 3.59. The molecule has 2 aromatic rings. The fraction of sp³-hybridized carbons (Fsp3) is 0.450. The first-order valence-corrected chi connectivity index (χ1v) is 9.49. The van der Waals surface area contributed by atoms with Crippen molar-refractivity contribution in [1.82, 2.24) is 9.88 Å². The second-order valence-corrected chi connectivity index (χ2v) is 7.10. The van der Waals surface area contributed by atoms with Crippen molar-refractivity contribution in [3.63, 3.8) is 0 Å². The van der Waals surface area contributed by atoms with Crippen molar-refractivity contribution >= 4 is 17.6 Å². The number of benzene rings is 1. The molecule has 3 rings (SSSR count). The summed E-state index contributed by atoms with van der Waals surface area (Å²) < 4.78 is 9.99. The molecule has 1 amide bonds. The molecule has 0 bridgehead atoms. The molecule has 0 aliphatic heterocycles. The predicted molar refractivity (Wildman–Crippen MR) is 102 cm³/mol. The Hall–Kier alpha value is -3.23. The minimum atomic E-state index is -0.621. The lowest BCUT2D eigenvalue weighted by Gasteiger charge is -2.33. The number of rotatable bonds is 6. The highest BCUT2D eigenvalue weighted by Crippen LogP contribution is 2.27. The first-order valence-electron chi connectivity index (χ1n) is 9.49. The van der Waals surface area contributed by atoms with Crippen LogP contribution in [0.15, 0.2) is 28.9 Å². The standard InChI is InChI=1S/C20H23N3O6/c1-13-8-9-14(10-17(13)23(26)27)19(24)22(15-6-4-3-5-7-15)11-18-21-16(12-29-18)20(25)28-2/h8-10,12,15H,3-7,11H2,1-2H3. The highest BCUT2D eigenvalue weighted by molar-refractivity contribution is 5.95. The van der Waals surface area contributed by atoms with E-state index in [-0.39, 0.29) is 41.3 Å². The van der Waals surface area contributed by atoms with E-state index in [1.165, 1.54) is 19.4 Å². The van der Waals surface area contributed by atoms with Crippen LogP contribution in [0.25, 0.3) is 0 Å². The number of hydrogen-bond donors (Lipinski definition) is 0. The second kappa shape index (κ2) is 8.85. The average molecular weight is 401 g/mol. The topological polar surface area (TPSA) is 116 Å². The van der Waals surface area contributed by atoms with Crippen LogP contribution in [-0.2, 0) is 11.3 Å².